The number of carbonyl (C=O) groups is 1. The molecule has 192 valence electrons. The molecule has 0 unspecified atom stereocenters. The Morgan fingerprint density at radius 2 is 2.03 bits per heavy atom. The second-order valence-electron chi connectivity index (χ2n) is 10.6. The minimum atomic E-state index is -0.628. The third kappa shape index (κ3) is 5.28. The first-order chi connectivity index (χ1) is 17.7. The number of aromatic nitrogens is 1. The molecule has 0 spiro atoms. The quantitative estimate of drug-likeness (QED) is 0.597. The molecular weight excluding hydrogens is 490 g/mol. The first kappa shape index (κ1) is 25.1. The van der Waals surface area contributed by atoms with Crippen LogP contribution >= 0.6 is 11.6 Å². The van der Waals surface area contributed by atoms with Crippen molar-refractivity contribution in [2.75, 3.05) is 11.4 Å². The Hall–Kier alpha value is -3.57. The van der Waals surface area contributed by atoms with Crippen LogP contribution in [-0.4, -0.2) is 29.3 Å². The van der Waals surface area contributed by atoms with E-state index in [1.54, 1.807) is 23.2 Å². The van der Waals surface area contributed by atoms with Gasteiger partial charge in [0, 0.05) is 17.1 Å². The van der Waals surface area contributed by atoms with Crippen LogP contribution in [0, 0.1) is 17.2 Å². The maximum atomic E-state index is 13.3. The van der Waals surface area contributed by atoms with Gasteiger partial charge in [-0.05, 0) is 82.2 Å². The number of ether oxygens (including phenoxy) is 2. The number of nitriles is 1. The molecule has 1 aromatic carbocycles. The highest BCUT2D eigenvalue weighted by molar-refractivity contribution is 6.36. The first-order valence-corrected chi connectivity index (χ1v) is 13.0. The van der Waals surface area contributed by atoms with E-state index in [1.807, 2.05) is 39.0 Å². The van der Waals surface area contributed by atoms with Crippen LogP contribution in [0.15, 0.2) is 45.6 Å². The summed E-state index contributed by atoms with van der Waals surface area (Å²) in [5.74, 6) is 0.915. The molecule has 37 heavy (non-hydrogen) atoms. The van der Waals surface area contributed by atoms with Crippen LogP contribution in [0.1, 0.15) is 57.6 Å². The molecule has 0 saturated heterocycles. The molecule has 1 aromatic heterocycles. The number of allylic oxidation sites excluding steroid dienone is 1. The van der Waals surface area contributed by atoms with Gasteiger partial charge in [0.25, 0.3) is 0 Å². The van der Waals surface area contributed by atoms with E-state index < -0.39 is 11.7 Å². The lowest BCUT2D eigenvalue weighted by Gasteiger charge is -2.30. The fraction of sp³-hybridized carbons (Fsp3) is 0.429. The van der Waals surface area contributed by atoms with Gasteiger partial charge in [-0.3, -0.25) is 4.90 Å². The molecule has 1 aliphatic carbocycles. The molecule has 9 heteroatoms. The predicted octanol–water partition coefficient (Wildman–Crippen LogP) is 5.26. The van der Waals surface area contributed by atoms with Crippen LogP contribution in [0.3, 0.4) is 0 Å². The molecular formula is C28H30ClN5O3. The molecule has 2 aromatic rings. The van der Waals surface area contributed by atoms with Gasteiger partial charge in [0.2, 0.25) is 0 Å². The van der Waals surface area contributed by atoms with Crippen LogP contribution in [0.5, 0.6) is 5.75 Å². The number of nitrogens with zero attached hydrogens (tertiary/aromatic N) is 4. The van der Waals surface area contributed by atoms with Crippen LogP contribution in [0.4, 0.5) is 10.5 Å². The zero-order valence-corrected chi connectivity index (χ0v) is 22.0. The maximum absolute atomic E-state index is 13.3. The Morgan fingerprint density at radius 1 is 1.24 bits per heavy atom. The molecule has 0 bridgehead atoms. The molecule has 1 fully saturated rings. The lowest BCUT2D eigenvalue weighted by atomic mass is 9.81. The minimum Gasteiger partial charge on any atom is -0.490 e. The zero-order valence-electron chi connectivity index (χ0n) is 21.3. The monoisotopic (exact) mass is 519 g/mol. The molecule has 8 nitrogen and oxygen atoms in total. The second-order valence-corrected chi connectivity index (χ2v) is 11.0. The average Bonchev–Trinajstić information content (AvgIpc) is 3.16. The van der Waals surface area contributed by atoms with E-state index in [0.717, 1.165) is 59.0 Å². The molecule has 0 atom stereocenters. The topological polar surface area (TPSA) is 103 Å². The highest BCUT2D eigenvalue weighted by atomic mass is 35.5. The summed E-state index contributed by atoms with van der Waals surface area (Å²) in [4.78, 5) is 18.4. The number of nitrogens with one attached hydrogen (secondary N) is 1. The molecule has 3 heterocycles. The van der Waals surface area contributed by atoms with E-state index >= 15 is 0 Å². The number of fused-ring (bicyclic) bond motifs is 3. The molecule has 1 saturated carbocycles. The average molecular weight is 520 g/mol. The number of aromatic amines is 1. The highest BCUT2D eigenvalue weighted by Crippen LogP contribution is 2.38. The first-order valence-electron chi connectivity index (χ1n) is 12.6. The van der Waals surface area contributed by atoms with Gasteiger partial charge in [0.1, 0.15) is 11.4 Å². The largest absolute Gasteiger partial charge is 0.490 e. The fourth-order valence-corrected chi connectivity index (χ4v) is 5.51. The van der Waals surface area contributed by atoms with Gasteiger partial charge in [-0.1, -0.05) is 17.7 Å². The molecule has 5 rings (SSSR count). The van der Waals surface area contributed by atoms with E-state index in [2.05, 4.69) is 21.3 Å². The minimum absolute atomic E-state index is 0.0693. The molecule has 1 amide bonds. The van der Waals surface area contributed by atoms with Crippen molar-refractivity contribution in [1.82, 2.24) is 4.98 Å². The third-order valence-corrected chi connectivity index (χ3v) is 7.17. The second kappa shape index (κ2) is 10.1. The van der Waals surface area contributed by atoms with Crippen molar-refractivity contribution in [3.63, 3.8) is 0 Å². The summed E-state index contributed by atoms with van der Waals surface area (Å²) in [5.41, 5.74) is 2.66. The maximum Gasteiger partial charge on any atom is 0.415 e. The van der Waals surface area contributed by atoms with Gasteiger partial charge in [-0.15, -0.1) is 0 Å². The number of benzene rings is 1. The SMILES string of the molecule is CC(C)(C)OC(=O)N1CC=C(Cl)C([C@H]2CC[C@H](Oc3cccc(C#N)c3)CC2)=c2[nH]c3c(c21)CN=NC=3. The Bertz CT molecular complexity index is 1440. The van der Waals surface area contributed by atoms with Gasteiger partial charge in [0.15, 0.2) is 0 Å². The van der Waals surface area contributed by atoms with E-state index in [0.29, 0.717) is 23.7 Å². The lowest BCUT2D eigenvalue weighted by molar-refractivity contribution is 0.0584. The standard InChI is InChI=1S/C28H30ClN5O3/c1-28(2,3)37-27(35)34-12-11-22(29)24(25-26(34)21-15-31-32-16-23(21)33-25)18-7-9-19(10-8-18)36-20-6-4-5-17(13-20)14-30/h4-6,11,13,16,18-19,33H,7-10,12,15H2,1-3H3/t18-,19-. The van der Waals surface area contributed by atoms with E-state index in [4.69, 9.17) is 26.3 Å². The smallest absolute Gasteiger partial charge is 0.415 e. The van der Waals surface area contributed by atoms with Crippen LogP contribution in [-0.2, 0) is 11.3 Å². The predicted molar refractivity (Wildman–Crippen MR) is 142 cm³/mol. The van der Waals surface area contributed by atoms with Gasteiger partial charge < -0.3 is 14.5 Å². The van der Waals surface area contributed by atoms with Crippen molar-refractivity contribution in [1.29, 1.82) is 5.26 Å². The summed E-state index contributed by atoms with van der Waals surface area (Å²) < 4.78 is 11.9. The Balaban J connectivity index is 1.47. The van der Waals surface area contributed by atoms with Crippen LogP contribution < -0.4 is 20.3 Å². The van der Waals surface area contributed by atoms with E-state index in [-0.39, 0.29) is 12.0 Å². The highest BCUT2D eigenvalue weighted by Gasteiger charge is 2.33. The Labute approximate surface area is 220 Å². The summed E-state index contributed by atoms with van der Waals surface area (Å²) in [5, 5.41) is 19.8. The number of rotatable bonds is 3. The fourth-order valence-electron chi connectivity index (χ4n) is 5.20. The molecule has 0 radical (unpaired) electrons. The zero-order chi connectivity index (χ0) is 26.2. The van der Waals surface area contributed by atoms with Crippen molar-refractivity contribution >= 4 is 35.2 Å². The lowest BCUT2D eigenvalue weighted by Crippen LogP contribution is -2.39. The van der Waals surface area contributed by atoms with E-state index in [1.165, 1.54) is 0 Å². The van der Waals surface area contributed by atoms with Crippen molar-refractivity contribution in [3.05, 3.63) is 57.2 Å². The van der Waals surface area contributed by atoms with Gasteiger partial charge in [-0.25, -0.2) is 4.79 Å². The Kier molecular flexibility index (Phi) is 6.82. The number of amides is 1. The van der Waals surface area contributed by atoms with Crippen LogP contribution in [0.25, 0.3) is 11.8 Å². The Morgan fingerprint density at radius 3 is 2.76 bits per heavy atom. The number of halogens is 1. The normalized spacial score (nSPS) is 21.1. The number of hydrogen-bond donors (Lipinski definition) is 1. The number of carbonyl (C=O) groups excluding carboxylic acids is 1. The molecule has 2 aliphatic heterocycles. The van der Waals surface area contributed by atoms with Crippen molar-refractivity contribution in [3.8, 4) is 11.8 Å². The summed E-state index contributed by atoms with van der Waals surface area (Å²) in [7, 11) is 0. The van der Waals surface area contributed by atoms with Crippen molar-refractivity contribution in [2.24, 2.45) is 16.1 Å². The summed E-state index contributed by atoms with van der Waals surface area (Å²) in [6.45, 7) is 6.25. The third-order valence-electron chi connectivity index (χ3n) is 6.82. The van der Waals surface area contributed by atoms with Gasteiger partial charge in [0.05, 0.1) is 46.9 Å². The number of hydrogen-bond acceptors (Lipinski definition) is 6. The van der Waals surface area contributed by atoms with Crippen molar-refractivity contribution in [2.45, 2.75) is 64.7 Å². The molecule has 3 aliphatic rings. The summed E-state index contributed by atoms with van der Waals surface area (Å²) >= 11 is 6.92. The van der Waals surface area contributed by atoms with E-state index in [9.17, 15) is 4.79 Å². The van der Waals surface area contributed by atoms with Crippen molar-refractivity contribution < 1.29 is 14.3 Å². The number of azo groups is 1. The summed E-state index contributed by atoms with van der Waals surface area (Å²) in [6.07, 6.45) is 6.72. The molecule has 1 N–H and O–H groups in total. The summed E-state index contributed by atoms with van der Waals surface area (Å²) in [6, 6.07) is 9.43. The number of anilines is 1. The number of H-pyrrole nitrogens is 1. The van der Waals surface area contributed by atoms with Gasteiger partial charge >= 0.3 is 6.09 Å². The van der Waals surface area contributed by atoms with Gasteiger partial charge in [-0.2, -0.15) is 15.5 Å². The van der Waals surface area contributed by atoms with Crippen LogP contribution in [0.2, 0.25) is 0 Å².